The summed E-state index contributed by atoms with van der Waals surface area (Å²) in [6.45, 7) is -0.789. The first-order valence-electron chi connectivity index (χ1n) is 7.16. The number of hydrogen-bond acceptors (Lipinski definition) is 3. The summed E-state index contributed by atoms with van der Waals surface area (Å²) in [5, 5.41) is 9.18. The van der Waals surface area contributed by atoms with Crippen molar-refractivity contribution in [3.05, 3.63) is 54.9 Å². The summed E-state index contributed by atoms with van der Waals surface area (Å²) in [7, 11) is 1.78. The zero-order valence-electron chi connectivity index (χ0n) is 12.4. The Labute approximate surface area is 128 Å². The van der Waals surface area contributed by atoms with Crippen molar-refractivity contribution in [2.75, 3.05) is 25.2 Å². The van der Waals surface area contributed by atoms with Gasteiger partial charge in [0.15, 0.2) is 0 Å². The van der Waals surface area contributed by atoms with Crippen LogP contribution in [-0.4, -0.2) is 40.9 Å². The smallest absolute Gasteiger partial charge is 0.137 e. The number of imidazole rings is 1. The second-order valence-corrected chi connectivity index (χ2v) is 5.24. The first-order chi connectivity index (χ1) is 10.7. The molecule has 22 heavy (non-hydrogen) atoms. The Bertz CT molecular complexity index is 717. The predicted molar refractivity (Wildman–Crippen MR) is 85.9 cm³/mol. The summed E-state index contributed by atoms with van der Waals surface area (Å²) in [6.07, 6.45) is 3.94. The molecule has 3 aromatic rings. The van der Waals surface area contributed by atoms with Gasteiger partial charge < -0.3 is 14.4 Å². The molecule has 2 heterocycles. The maximum Gasteiger partial charge on any atom is 0.137 e. The summed E-state index contributed by atoms with van der Waals surface area (Å²) < 4.78 is 14.8. The van der Waals surface area contributed by atoms with Crippen LogP contribution in [0, 0.1) is 0 Å². The van der Waals surface area contributed by atoms with Crippen molar-refractivity contribution < 1.29 is 9.50 Å². The molecule has 2 aromatic heterocycles. The van der Waals surface area contributed by atoms with Crippen LogP contribution in [0.4, 0.5) is 10.1 Å². The van der Waals surface area contributed by atoms with Gasteiger partial charge in [-0.3, -0.25) is 0 Å². The quantitative estimate of drug-likeness (QED) is 0.787. The lowest BCUT2D eigenvalue weighted by Gasteiger charge is -2.26. The Morgan fingerprint density at radius 1 is 1.23 bits per heavy atom. The van der Waals surface area contributed by atoms with Gasteiger partial charge in [0, 0.05) is 30.7 Å². The van der Waals surface area contributed by atoms with E-state index in [9.17, 15) is 9.50 Å². The number of aromatic nitrogens is 2. The van der Waals surface area contributed by atoms with Crippen molar-refractivity contribution >= 4 is 11.3 Å². The highest BCUT2D eigenvalue weighted by Gasteiger charge is 2.14. The second-order valence-electron chi connectivity index (χ2n) is 5.24. The van der Waals surface area contributed by atoms with Gasteiger partial charge in [-0.2, -0.15) is 0 Å². The van der Waals surface area contributed by atoms with E-state index in [4.69, 9.17) is 0 Å². The zero-order chi connectivity index (χ0) is 15.5. The van der Waals surface area contributed by atoms with E-state index >= 15 is 0 Å². The number of fused-ring (bicyclic) bond motifs is 1. The lowest BCUT2D eigenvalue weighted by atomic mass is 10.1. The molecule has 1 atom stereocenters. The number of rotatable bonds is 5. The number of aliphatic hydroxyl groups is 1. The lowest BCUT2D eigenvalue weighted by molar-refractivity contribution is 0.238. The number of halogens is 1. The molecule has 1 N–H and O–H groups in total. The van der Waals surface area contributed by atoms with Crippen LogP contribution < -0.4 is 4.90 Å². The van der Waals surface area contributed by atoms with E-state index in [-0.39, 0.29) is 6.61 Å². The summed E-state index contributed by atoms with van der Waals surface area (Å²) in [5.41, 5.74) is 3.66. The van der Waals surface area contributed by atoms with Crippen LogP contribution in [-0.2, 0) is 0 Å². The van der Waals surface area contributed by atoms with E-state index in [0.29, 0.717) is 0 Å². The molecular formula is C17H18FN3O. The van der Waals surface area contributed by atoms with Crippen molar-refractivity contribution in [1.82, 2.24) is 9.38 Å². The topological polar surface area (TPSA) is 40.8 Å². The molecule has 0 bridgehead atoms. The molecule has 1 aromatic carbocycles. The van der Waals surface area contributed by atoms with Crippen LogP contribution in [0.2, 0.25) is 0 Å². The fourth-order valence-electron chi connectivity index (χ4n) is 2.43. The van der Waals surface area contributed by atoms with E-state index in [1.165, 1.54) is 0 Å². The maximum absolute atomic E-state index is 12.8. The summed E-state index contributed by atoms with van der Waals surface area (Å²) in [5.74, 6) is 0. The Balaban J connectivity index is 1.87. The van der Waals surface area contributed by atoms with Crippen LogP contribution in [0.3, 0.4) is 0 Å². The number of likely N-dealkylation sites (N-methyl/N-ethyl adjacent to an activating group) is 1. The van der Waals surface area contributed by atoms with E-state index in [1.807, 2.05) is 59.3 Å². The fourth-order valence-corrected chi connectivity index (χ4v) is 2.43. The molecule has 0 aliphatic carbocycles. The molecule has 4 nitrogen and oxygen atoms in total. The molecule has 0 radical (unpaired) electrons. The van der Waals surface area contributed by atoms with E-state index in [1.54, 1.807) is 11.9 Å². The largest absolute Gasteiger partial charge is 0.394 e. The van der Waals surface area contributed by atoms with Crippen molar-refractivity contribution in [2.24, 2.45) is 0 Å². The molecule has 0 amide bonds. The third-order valence-electron chi connectivity index (χ3n) is 3.87. The third-order valence-corrected chi connectivity index (χ3v) is 3.87. The highest BCUT2D eigenvalue weighted by molar-refractivity contribution is 5.65. The molecule has 0 aliphatic rings. The van der Waals surface area contributed by atoms with Crippen molar-refractivity contribution in [2.45, 2.75) is 6.04 Å². The summed E-state index contributed by atoms with van der Waals surface area (Å²) in [6, 6.07) is 13.1. The number of aliphatic hydroxyl groups excluding tert-OH is 1. The molecule has 0 fully saturated rings. The SMILES string of the molecule is CN(c1ccc(-c2cn3ccccc3n2)cc1)C(CO)CF. The number of alkyl halides is 1. The Morgan fingerprint density at radius 2 is 2.00 bits per heavy atom. The molecule has 114 valence electrons. The third kappa shape index (κ3) is 2.67. The van der Waals surface area contributed by atoms with E-state index < -0.39 is 12.7 Å². The summed E-state index contributed by atoms with van der Waals surface area (Å²) >= 11 is 0. The van der Waals surface area contributed by atoms with Gasteiger partial charge in [0.25, 0.3) is 0 Å². The van der Waals surface area contributed by atoms with E-state index in [0.717, 1.165) is 22.6 Å². The minimum absolute atomic E-state index is 0.207. The zero-order valence-corrected chi connectivity index (χ0v) is 12.4. The standard InChI is InChI=1S/C17H18FN3O/c1-20(15(10-18)12-22)14-7-5-13(6-8-14)16-11-21-9-3-2-4-17(21)19-16/h2-9,11,15,22H,10,12H2,1H3. The Kier molecular flexibility index (Phi) is 4.06. The highest BCUT2D eigenvalue weighted by atomic mass is 19.1. The molecule has 5 heteroatoms. The van der Waals surface area contributed by atoms with Gasteiger partial charge >= 0.3 is 0 Å². The molecule has 0 saturated heterocycles. The van der Waals surface area contributed by atoms with Crippen LogP contribution in [0.15, 0.2) is 54.9 Å². The number of hydrogen-bond donors (Lipinski definition) is 1. The maximum atomic E-state index is 12.8. The first kappa shape index (κ1) is 14.5. The predicted octanol–water partition coefficient (Wildman–Crippen LogP) is 2.77. The molecule has 1 unspecified atom stereocenters. The van der Waals surface area contributed by atoms with Crippen molar-refractivity contribution in [3.63, 3.8) is 0 Å². The monoisotopic (exact) mass is 299 g/mol. The van der Waals surface area contributed by atoms with Gasteiger partial charge in [-0.15, -0.1) is 0 Å². The van der Waals surface area contributed by atoms with Gasteiger partial charge in [0.2, 0.25) is 0 Å². The normalized spacial score (nSPS) is 12.5. The van der Waals surface area contributed by atoms with Gasteiger partial charge in [-0.1, -0.05) is 18.2 Å². The molecular weight excluding hydrogens is 281 g/mol. The van der Waals surface area contributed by atoms with E-state index in [2.05, 4.69) is 4.98 Å². The minimum Gasteiger partial charge on any atom is -0.394 e. The Hall–Kier alpha value is -2.40. The average molecular weight is 299 g/mol. The van der Waals surface area contributed by atoms with Crippen molar-refractivity contribution in [1.29, 1.82) is 0 Å². The van der Waals surface area contributed by atoms with Crippen LogP contribution in [0.25, 0.3) is 16.9 Å². The number of pyridine rings is 1. The van der Waals surface area contributed by atoms with Gasteiger partial charge in [0.05, 0.1) is 18.3 Å². The van der Waals surface area contributed by atoms with Gasteiger partial charge in [0.1, 0.15) is 12.3 Å². The highest BCUT2D eigenvalue weighted by Crippen LogP contribution is 2.23. The van der Waals surface area contributed by atoms with Crippen LogP contribution >= 0.6 is 0 Å². The number of benzene rings is 1. The average Bonchev–Trinajstić information content (AvgIpc) is 3.00. The minimum atomic E-state index is -0.582. The lowest BCUT2D eigenvalue weighted by Crippen LogP contribution is -2.36. The molecule has 0 saturated carbocycles. The van der Waals surface area contributed by atoms with Crippen molar-refractivity contribution in [3.8, 4) is 11.3 Å². The van der Waals surface area contributed by atoms with Gasteiger partial charge in [-0.05, 0) is 24.3 Å². The van der Waals surface area contributed by atoms with Gasteiger partial charge in [-0.25, -0.2) is 9.37 Å². The van der Waals surface area contributed by atoms with Crippen LogP contribution in [0.1, 0.15) is 0 Å². The summed E-state index contributed by atoms with van der Waals surface area (Å²) in [4.78, 5) is 6.32. The molecule has 3 rings (SSSR count). The number of anilines is 1. The van der Waals surface area contributed by atoms with Crippen LogP contribution in [0.5, 0.6) is 0 Å². The first-order valence-corrected chi connectivity index (χ1v) is 7.16. The molecule has 0 spiro atoms. The second kappa shape index (κ2) is 6.15. The Morgan fingerprint density at radius 3 is 2.64 bits per heavy atom. The number of nitrogens with zero attached hydrogens (tertiary/aromatic N) is 3. The molecule has 0 aliphatic heterocycles. The fraction of sp³-hybridized carbons (Fsp3) is 0.235.